The first kappa shape index (κ1) is 24.7. The molecule has 0 spiro atoms. The number of alkyl halides is 3. The lowest BCUT2D eigenvalue weighted by atomic mass is 9.98. The van der Waals surface area contributed by atoms with Gasteiger partial charge in [0.05, 0.1) is 11.3 Å². The van der Waals surface area contributed by atoms with E-state index in [9.17, 15) is 31.9 Å². The van der Waals surface area contributed by atoms with Crippen LogP contribution in [0.5, 0.6) is 5.75 Å². The van der Waals surface area contributed by atoms with Gasteiger partial charge in [-0.1, -0.05) is 23.7 Å². The number of hydrogen-bond donors (Lipinski definition) is 1. The smallest absolute Gasteiger partial charge is 0.416 e. The number of rotatable bonds is 6. The quantitative estimate of drug-likeness (QED) is 0.352. The van der Waals surface area contributed by atoms with Crippen LogP contribution in [0.3, 0.4) is 0 Å². The van der Waals surface area contributed by atoms with E-state index in [4.69, 9.17) is 16.3 Å². The first-order valence-electron chi connectivity index (χ1n) is 10.4. The van der Waals surface area contributed by atoms with E-state index in [0.29, 0.717) is 47.1 Å². The number of aromatic carboxylic acids is 1. The van der Waals surface area contributed by atoms with Crippen LogP contribution in [0, 0.1) is 11.6 Å². The highest BCUT2D eigenvalue weighted by molar-refractivity contribution is 6.30. The van der Waals surface area contributed by atoms with Crippen molar-refractivity contribution in [2.24, 2.45) is 0 Å². The summed E-state index contributed by atoms with van der Waals surface area (Å²) in [5.41, 5.74) is -0.490. The molecule has 1 heterocycles. The summed E-state index contributed by atoms with van der Waals surface area (Å²) in [6.45, 7) is -0.300. The number of carbonyl (C=O) groups is 1. The van der Waals surface area contributed by atoms with Crippen molar-refractivity contribution < 1.29 is 36.6 Å². The van der Waals surface area contributed by atoms with E-state index < -0.39 is 35.0 Å². The maximum atomic E-state index is 14.1. The molecule has 35 heavy (non-hydrogen) atoms. The summed E-state index contributed by atoms with van der Waals surface area (Å²) < 4.78 is 73.6. The Hall–Kier alpha value is -3.46. The standard InChI is InChI=1S/C25H17ClF5NO3/c26-15-7-8-22(35-12-13-3-1-6-19(27)23(13)28)18(11-15)16-4-2-5-17(16)20-9-14(25(29,30)31)10-21(32-20)24(33)34/h1,3,6-11H,2,4-5,12H2,(H,33,34). The van der Waals surface area contributed by atoms with Crippen molar-refractivity contribution in [1.82, 2.24) is 4.98 Å². The molecule has 0 aliphatic heterocycles. The lowest BCUT2D eigenvalue weighted by molar-refractivity contribution is -0.137. The van der Waals surface area contributed by atoms with Crippen LogP contribution < -0.4 is 4.74 Å². The maximum Gasteiger partial charge on any atom is 0.416 e. The number of allylic oxidation sites excluding steroid dienone is 2. The van der Waals surface area contributed by atoms with Gasteiger partial charge in [0.15, 0.2) is 11.6 Å². The Morgan fingerprint density at radius 2 is 1.80 bits per heavy atom. The van der Waals surface area contributed by atoms with Crippen LogP contribution >= 0.6 is 11.6 Å². The maximum absolute atomic E-state index is 14.1. The number of nitrogens with zero attached hydrogens (tertiary/aromatic N) is 1. The Morgan fingerprint density at radius 1 is 1.06 bits per heavy atom. The molecular formula is C25H17ClF5NO3. The average molecular weight is 510 g/mol. The van der Waals surface area contributed by atoms with E-state index in [1.165, 1.54) is 24.3 Å². The fraction of sp³-hybridized carbons (Fsp3) is 0.200. The number of ether oxygens (including phenoxy) is 1. The zero-order chi connectivity index (χ0) is 25.3. The molecular weight excluding hydrogens is 493 g/mol. The molecule has 1 aliphatic rings. The van der Waals surface area contributed by atoms with Crippen LogP contribution in [0.25, 0.3) is 11.1 Å². The normalized spacial score (nSPS) is 13.9. The topological polar surface area (TPSA) is 59.4 Å². The van der Waals surface area contributed by atoms with Gasteiger partial charge >= 0.3 is 12.1 Å². The van der Waals surface area contributed by atoms with E-state index in [2.05, 4.69) is 4.98 Å². The van der Waals surface area contributed by atoms with E-state index in [1.54, 1.807) is 6.07 Å². The van der Waals surface area contributed by atoms with Gasteiger partial charge in [0, 0.05) is 16.1 Å². The summed E-state index contributed by atoms with van der Waals surface area (Å²) in [5.74, 6) is -3.38. The molecule has 0 saturated carbocycles. The Bertz CT molecular complexity index is 1340. The van der Waals surface area contributed by atoms with Crippen LogP contribution in [0.15, 0.2) is 48.5 Å². The molecule has 0 radical (unpaired) electrons. The highest BCUT2D eigenvalue weighted by Gasteiger charge is 2.33. The summed E-state index contributed by atoms with van der Waals surface area (Å²) in [6.07, 6.45) is -3.38. The van der Waals surface area contributed by atoms with Crippen LogP contribution in [-0.4, -0.2) is 16.1 Å². The Kier molecular flexibility index (Phi) is 6.80. The molecule has 4 nitrogen and oxygen atoms in total. The molecule has 4 rings (SSSR count). The molecule has 0 amide bonds. The van der Waals surface area contributed by atoms with Crippen molar-refractivity contribution in [1.29, 1.82) is 0 Å². The predicted octanol–water partition coefficient (Wildman–Crippen LogP) is 7.40. The number of halogens is 6. The number of pyridine rings is 1. The molecule has 3 aromatic rings. The summed E-state index contributed by atoms with van der Waals surface area (Å²) in [6, 6.07) is 9.62. The lowest BCUT2D eigenvalue weighted by Crippen LogP contribution is -2.11. The third kappa shape index (κ3) is 5.30. The van der Waals surface area contributed by atoms with Gasteiger partial charge < -0.3 is 9.84 Å². The van der Waals surface area contributed by atoms with E-state index in [1.807, 2.05) is 0 Å². The van der Waals surface area contributed by atoms with Gasteiger partial charge in [-0.05, 0) is 66.8 Å². The van der Waals surface area contributed by atoms with Gasteiger partial charge in [-0.2, -0.15) is 13.2 Å². The molecule has 182 valence electrons. The van der Waals surface area contributed by atoms with Crippen molar-refractivity contribution in [2.75, 3.05) is 0 Å². The fourth-order valence-corrected chi connectivity index (χ4v) is 4.13. The van der Waals surface area contributed by atoms with E-state index in [0.717, 1.165) is 12.1 Å². The Morgan fingerprint density at radius 3 is 2.51 bits per heavy atom. The average Bonchev–Trinajstić information content (AvgIpc) is 3.29. The van der Waals surface area contributed by atoms with Crippen LogP contribution in [-0.2, 0) is 12.8 Å². The van der Waals surface area contributed by atoms with Crippen molar-refractivity contribution in [3.8, 4) is 5.75 Å². The van der Waals surface area contributed by atoms with Crippen molar-refractivity contribution in [3.05, 3.63) is 93.3 Å². The second-order valence-electron chi connectivity index (χ2n) is 7.88. The summed E-state index contributed by atoms with van der Waals surface area (Å²) in [5, 5.41) is 9.61. The van der Waals surface area contributed by atoms with Crippen LogP contribution in [0.1, 0.15) is 52.1 Å². The number of benzene rings is 2. The molecule has 0 atom stereocenters. The third-order valence-corrected chi connectivity index (χ3v) is 5.82. The Balaban J connectivity index is 1.79. The largest absolute Gasteiger partial charge is 0.488 e. The monoisotopic (exact) mass is 509 g/mol. The minimum absolute atomic E-state index is 0.0165. The second-order valence-corrected chi connectivity index (χ2v) is 8.32. The minimum atomic E-state index is -4.76. The van der Waals surface area contributed by atoms with Gasteiger partial charge in [-0.25, -0.2) is 18.6 Å². The van der Waals surface area contributed by atoms with Crippen LogP contribution in [0.2, 0.25) is 5.02 Å². The highest BCUT2D eigenvalue weighted by atomic mass is 35.5. The number of aromatic nitrogens is 1. The van der Waals surface area contributed by atoms with Gasteiger partial charge in [-0.3, -0.25) is 0 Å². The number of hydrogen-bond acceptors (Lipinski definition) is 3. The predicted molar refractivity (Wildman–Crippen MR) is 119 cm³/mol. The molecule has 0 fully saturated rings. The lowest BCUT2D eigenvalue weighted by Gasteiger charge is -2.16. The molecule has 1 aromatic heterocycles. The third-order valence-electron chi connectivity index (χ3n) is 5.58. The molecule has 1 aliphatic carbocycles. The molecule has 0 bridgehead atoms. The molecule has 0 saturated heterocycles. The van der Waals surface area contributed by atoms with Crippen molar-refractivity contribution in [2.45, 2.75) is 32.0 Å². The number of carboxylic acids is 1. The summed E-state index contributed by atoms with van der Waals surface area (Å²) >= 11 is 6.17. The first-order valence-corrected chi connectivity index (χ1v) is 10.8. The summed E-state index contributed by atoms with van der Waals surface area (Å²) in [7, 11) is 0. The number of carboxylic acid groups (broad SMARTS) is 1. The highest BCUT2D eigenvalue weighted by Crippen LogP contribution is 2.44. The Labute approximate surface area is 201 Å². The first-order chi connectivity index (χ1) is 16.5. The van der Waals surface area contributed by atoms with Crippen molar-refractivity contribution >= 4 is 28.7 Å². The minimum Gasteiger partial charge on any atom is -0.488 e. The second kappa shape index (κ2) is 9.65. The van der Waals surface area contributed by atoms with E-state index in [-0.39, 0.29) is 23.6 Å². The van der Waals surface area contributed by atoms with E-state index >= 15 is 0 Å². The summed E-state index contributed by atoms with van der Waals surface area (Å²) in [4.78, 5) is 15.4. The molecule has 2 aromatic carbocycles. The SMILES string of the molecule is O=C(O)c1cc(C(F)(F)F)cc(C2=C(c3cc(Cl)ccc3OCc3cccc(F)c3F)CCC2)n1. The van der Waals surface area contributed by atoms with Gasteiger partial charge in [0.25, 0.3) is 0 Å². The van der Waals surface area contributed by atoms with Crippen LogP contribution in [0.4, 0.5) is 22.0 Å². The molecule has 10 heteroatoms. The zero-order valence-corrected chi connectivity index (χ0v) is 18.7. The molecule has 0 unspecified atom stereocenters. The zero-order valence-electron chi connectivity index (χ0n) is 17.9. The van der Waals surface area contributed by atoms with Crippen molar-refractivity contribution in [3.63, 3.8) is 0 Å². The van der Waals surface area contributed by atoms with Gasteiger partial charge in [0.2, 0.25) is 0 Å². The van der Waals surface area contributed by atoms with Gasteiger partial charge in [0.1, 0.15) is 18.1 Å². The fourth-order valence-electron chi connectivity index (χ4n) is 3.96. The van der Waals surface area contributed by atoms with Gasteiger partial charge in [-0.15, -0.1) is 0 Å². The molecule has 1 N–H and O–H groups in total.